The molecule has 0 bridgehead atoms. The van der Waals surface area contributed by atoms with Crippen molar-refractivity contribution in [3.8, 4) is 0 Å². The highest BCUT2D eigenvalue weighted by molar-refractivity contribution is 5.41. The van der Waals surface area contributed by atoms with Crippen molar-refractivity contribution in [2.24, 2.45) is 5.41 Å². The zero-order valence-corrected chi connectivity index (χ0v) is 16.9. The third kappa shape index (κ3) is 3.66. The maximum absolute atomic E-state index is 12.1. The Balaban J connectivity index is 2.06. The molecule has 1 aliphatic rings. The number of hydrogen-bond acceptors (Lipinski definition) is 4. The van der Waals surface area contributed by atoms with Crippen molar-refractivity contribution in [1.29, 1.82) is 0 Å². The first-order valence-corrected chi connectivity index (χ1v) is 9.87. The van der Waals surface area contributed by atoms with Gasteiger partial charge in [-0.05, 0) is 48.6 Å². The number of benzene rings is 1. The van der Waals surface area contributed by atoms with Gasteiger partial charge in [0.15, 0.2) is 0 Å². The molecule has 0 spiro atoms. The van der Waals surface area contributed by atoms with Crippen LogP contribution in [0.1, 0.15) is 55.4 Å². The van der Waals surface area contributed by atoms with Crippen LogP contribution in [0.4, 0.5) is 0 Å². The first-order chi connectivity index (χ1) is 12.8. The molecule has 0 amide bonds. The Morgan fingerprint density at radius 2 is 1.81 bits per heavy atom. The number of aromatic nitrogens is 1. The van der Waals surface area contributed by atoms with Gasteiger partial charge in [-0.15, -0.1) is 0 Å². The van der Waals surface area contributed by atoms with Gasteiger partial charge >= 0.3 is 0 Å². The molecule has 1 aromatic carbocycles. The highest BCUT2D eigenvalue weighted by Gasteiger charge is 2.55. The molecule has 0 saturated carbocycles. The van der Waals surface area contributed by atoms with Crippen LogP contribution in [0.5, 0.6) is 0 Å². The van der Waals surface area contributed by atoms with E-state index >= 15 is 0 Å². The van der Waals surface area contributed by atoms with E-state index in [9.17, 15) is 5.11 Å². The number of nitrogens with zero attached hydrogens (tertiary/aromatic N) is 2. The molecule has 2 heterocycles. The molecule has 1 unspecified atom stereocenters. The van der Waals surface area contributed by atoms with Gasteiger partial charge in [0, 0.05) is 43.1 Å². The van der Waals surface area contributed by atoms with Gasteiger partial charge in [0.2, 0.25) is 0 Å². The average molecular weight is 369 g/mol. The Hall–Kier alpha value is -1.75. The number of pyridine rings is 1. The third-order valence-electron chi connectivity index (χ3n) is 5.94. The summed E-state index contributed by atoms with van der Waals surface area (Å²) in [7, 11) is 2.08. The summed E-state index contributed by atoms with van der Waals surface area (Å²) in [6, 6.07) is 10.4. The molecule has 2 aromatic rings. The molecule has 4 nitrogen and oxygen atoms in total. The lowest BCUT2D eigenvalue weighted by atomic mass is 9.62. The lowest BCUT2D eigenvalue weighted by molar-refractivity contribution is -0.127. The molecule has 1 fully saturated rings. The molecule has 3 rings (SSSR count). The van der Waals surface area contributed by atoms with Crippen molar-refractivity contribution in [2.45, 2.75) is 45.1 Å². The minimum absolute atomic E-state index is 0.160. The quantitative estimate of drug-likeness (QED) is 0.787. The fourth-order valence-electron chi connectivity index (χ4n) is 4.45. The minimum Gasteiger partial charge on any atom is -0.396 e. The molecule has 146 valence electrons. The Bertz CT molecular complexity index is 766. The van der Waals surface area contributed by atoms with E-state index in [0.29, 0.717) is 12.3 Å². The van der Waals surface area contributed by atoms with Crippen LogP contribution < -0.4 is 0 Å². The van der Waals surface area contributed by atoms with Crippen molar-refractivity contribution in [3.05, 3.63) is 65.0 Å². The number of hydrogen-bond donors (Lipinski definition) is 2. The second-order valence-electron chi connectivity index (χ2n) is 8.63. The van der Waals surface area contributed by atoms with E-state index < -0.39 is 5.60 Å². The maximum Gasteiger partial charge on any atom is 0.124 e. The van der Waals surface area contributed by atoms with E-state index in [0.717, 1.165) is 36.2 Å². The Morgan fingerprint density at radius 3 is 2.37 bits per heavy atom. The summed E-state index contributed by atoms with van der Waals surface area (Å²) in [4.78, 5) is 6.64. The smallest absolute Gasteiger partial charge is 0.124 e. The van der Waals surface area contributed by atoms with E-state index in [1.165, 1.54) is 5.56 Å². The molecular formula is C23H32N2O2. The van der Waals surface area contributed by atoms with Gasteiger partial charge in [0.25, 0.3) is 0 Å². The van der Waals surface area contributed by atoms with E-state index in [1.807, 2.05) is 6.20 Å². The Labute approximate surface area is 162 Å². The van der Waals surface area contributed by atoms with Crippen LogP contribution in [0.3, 0.4) is 0 Å². The van der Waals surface area contributed by atoms with E-state index in [-0.39, 0.29) is 12.0 Å². The van der Waals surface area contributed by atoms with Gasteiger partial charge in [-0.1, -0.05) is 45.0 Å². The topological polar surface area (TPSA) is 56.6 Å². The van der Waals surface area contributed by atoms with Gasteiger partial charge in [-0.3, -0.25) is 4.98 Å². The molecule has 1 aliphatic heterocycles. The lowest BCUT2D eigenvalue weighted by Crippen LogP contribution is -2.63. The summed E-state index contributed by atoms with van der Waals surface area (Å²) in [5.41, 5.74) is 2.70. The first kappa shape index (κ1) is 20.0. The summed E-state index contributed by atoms with van der Waals surface area (Å²) in [5, 5.41) is 21.2. The van der Waals surface area contributed by atoms with Crippen LogP contribution >= 0.6 is 0 Å². The maximum atomic E-state index is 12.1. The predicted octanol–water partition coefficient (Wildman–Crippen LogP) is 3.32. The largest absolute Gasteiger partial charge is 0.396 e. The predicted molar refractivity (Wildman–Crippen MR) is 109 cm³/mol. The third-order valence-corrected chi connectivity index (χ3v) is 5.94. The molecule has 27 heavy (non-hydrogen) atoms. The van der Waals surface area contributed by atoms with Crippen LogP contribution in [0.2, 0.25) is 0 Å². The van der Waals surface area contributed by atoms with E-state index in [1.54, 1.807) is 6.20 Å². The average Bonchev–Trinajstić information content (AvgIpc) is 2.64. The molecule has 2 N–H and O–H groups in total. The number of likely N-dealkylation sites (tertiary alicyclic amines) is 1. The summed E-state index contributed by atoms with van der Waals surface area (Å²) in [6.45, 7) is 8.33. The molecule has 1 saturated heterocycles. The fraction of sp³-hybridized carbons (Fsp3) is 0.522. The summed E-state index contributed by atoms with van der Waals surface area (Å²) in [6.07, 6.45) is 5.09. The second-order valence-corrected chi connectivity index (χ2v) is 8.63. The zero-order valence-electron chi connectivity index (χ0n) is 16.9. The molecule has 0 radical (unpaired) electrons. The van der Waals surface area contributed by atoms with Gasteiger partial charge in [-0.25, -0.2) is 0 Å². The van der Waals surface area contributed by atoms with Crippen molar-refractivity contribution >= 4 is 0 Å². The minimum atomic E-state index is -1.10. The number of aliphatic hydroxyl groups is 2. The molecule has 1 aromatic heterocycles. The summed E-state index contributed by atoms with van der Waals surface area (Å²) < 4.78 is 0. The van der Waals surface area contributed by atoms with Crippen molar-refractivity contribution in [3.63, 3.8) is 0 Å². The highest BCUT2D eigenvalue weighted by Crippen LogP contribution is 2.50. The van der Waals surface area contributed by atoms with Crippen LogP contribution in [0, 0.1) is 5.41 Å². The van der Waals surface area contributed by atoms with Gasteiger partial charge < -0.3 is 15.1 Å². The van der Waals surface area contributed by atoms with Crippen molar-refractivity contribution in [1.82, 2.24) is 9.88 Å². The molecule has 0 aliphatic carbocycles. The number of aliphatic hydroxyl groups excluding tert-OH is 1. The Kier molecular flexibility index (Phi) is 5.71. The normalized spacial score (nSPS) is 18.9. The standard InChI is InChI=1S/C23H32N2O2/c1-17(2)19-7-9-20(10-8-19)23(27,22(3)15-25(4)16-22)21-12-18(6-5-11-26)13-24-14-21/h7-10,12-14,17,26-27H,5-6,11,15-16H2,1-4H3. The van der Waals surface area contributed by atoms with Crippen molar-refractivity contribution in [2.75, 3.05) is 26.7 Å². The first-order valence-electron chi connectivity index (χ1n) is 9.87. The van der Waals surface area contributed by atoms with Crippen molar-refractivity contribution < 1.29 is 10.2 Å². The number of aryl methyl sites for hydroxylation is 1. The van der Waals surface area contributed by atoms with E-state index in [4.69, 9.17) is 5.11 Å². The molecule has 4 heteroatoms. The lowest BCUT2D eigenvalue weighted by Gasteiger charge is -2.56. The van der Waals surface area contributed by atoms with E-state index in [2.05, 4.69) is 68.0 Å². The van der Waals surface area contributed by atoms with Crippen LogP contribution in [0.25, 0.3) is 0 Å². The SMILES string of the molecule is CC(C)c1ccc(C(O)(c2cncc(CCCO)c2)C2(C)CN(C)C2)cc1. The van der Waals surface area contributed by atoms with Gasteiger partial charge in [0.1, 0.15) is 5.60 Å². The summed E-state index contributed by atoms with van der Waals surface area (Å²) in [5.74, 6) is 0.459. The summed E-state index contributed by atoms with van der Waals surface area (Å²) >= 11 is 0. The second kappa shape index (κ2) is 7.70. The highest BCUT2D eigenvalue weighted by atomic mass is 16.3. The molecule has 1 atom stereocenters. The van der Waals surface area contributed by atoms with Gasteiger partial charge in [0.05, 0.1) is 0 Å². The monoisotopic (exact) mass is 368 g/mol. The fourth-order valence-corrected chi connectivity index (χ4v) is 4.45. The van der Waals surface area contributed by atoms with Crippen LogP contribution in [0.15, 0.2) is 42.7 Å². The zero-order chi connectivity index (χ0) is 19.7. The van der Waals surface area contributed by atoms with Crippen LogP contribution in [-0.4, -0.2) is 46.8 Å². The van der Waals surface area contributed by atoms with Crippen LogP contribution in [-0.2, 0) is 12.0 Å². The Morgan fingerprint density at radius 1 is 1.15 bits per heavy atom. The number of rotatable bonds is 7. The van der Waals surface area contributed by atoms with Gasteiger partial charge in [-0.2, -0.15) is 0 Å². The molecular weight excluding hydrogens is 336 g/mol.